The Hall–Kier alpha value is -2.46. The third-order valence-corrected chi connectivity index (χ3v) is 6.41. The van der Waals surface area contributed by atoms with Crippen LogP contribution in [-0.4, -0.2) is 24.2 Å². The van der Waals surface area contributed by atoms with Crippen molar-refractivity contribution < 1.29 is 26.5 Å². The van der Waals surface area contributed by atoms with Gasteiger partial charge in [-0.15, -0.1) is 0 Å². The van der Waals surface area contributed by atoms with Gasteiger partial charge in [0.25, 0.3) is 5.69 Å². The fraction of sp³-hybridized carbons (Fsp3) is 0.294. The second-order valence-electron chi connectivity index (χ2n) is 6.11. The second kappa shape index (κ2) is 6.93. The van der Waals surface area contributed by atoms with Crippen LogP contribution in [0.5, 0.6) is 0 Å². The number of nitro benzene ring substituents is 1. The minimum Gasteiger partial charge on any atom is -0.258 e. The third-order valence-electron chi connectivity index (χ3n) is 4.48. The highest BCUT2D eigenvalue weighted by molar-refractivity contribution is 7.89. The molecule has 6 nitrogen and oxygen atoms in total. The monoisotopic (exact) mass is 400 g/mol. The summed E-state index contributed by atoms with van der Waals surface area (Å²) >= 11 is 0. The SMILES string of the molecule is O=[N+]([O-])c1ccc(S(=O)(=O)N2CCCC2c2ccccc2C(F)(F)F)cc1. The fourth-order valence-corrected chi connectivity index (χ4v) is 4.93. The molecule has 0 saturated carbocycles. The summed E-state index contributed by atoms with van der Waals surface area (Å²) in [7, 11) is -4.10. The molecule has 2 aromatic rings. The van der Waals surface area contributed by atoms with Gasteiger partial charge in [0.2, 0.25) is 10.0 Å². The molecule has 2 aromatic carbocycles. The van der Waals surface area contributed by atoms with E-state index in [0.29, 0.717) is 6.42 Å². The van der Waals surface area contributed by atoms with E-state index in [1.807, 2.05) is 0 Å². The van der Waals surface area contributed by atoms with Gasteiger partial charge in [-0.3, -0.25) is 10.1 Å². The molecule has 10 heteroatoms. The van der Waals surface area contributed by atoms with Gasteiger partial charge in [0, 0.05) is 18.7 Å². The second-order valence-corrected chi connectivity index (χ2v) is 8.00. The quantitative estimate of drug-likeness (QED) is 0.571. The largest absolute Gasteiger partial charge is 0.416 e. The lowest BCUT2D eigenvalue weighted by Gasteiger charge is -2.26. The molecule has 0 N–H and O–H groups in total. The maximum Gasteiger partial charge on any atom is 0.416 e. The van der Waals surface area contributed by atoms with Crippen LogP contribution >= 0.6 is 0 Å². The molecule has 0 aromatic heterocycles. The fourth-order valence-electron chi connectivity index (χ4n) is 3.26. The van der Waals surface area contributed by atoms with Gasteiger partial charge in [0.15, 0.2) is 0 Å². The maximum absolute atomic E-state index is 13.3. The molecule has 1 aliphatic rings. The predicted octanol–water partition coefficient (Wildman–Crippen LogP) is 4.14. The van der Waals surface area contributed by atoms with Crippen molar-refractivity contribution in [3.05, 3.63) is 69.8 Å². The van der Waals surface area contributed by atoms with Crippen LogP contribution in [0.2, 0.25) is 0 Å². The van der Waals surface area contributed by atoms with Gasteiger partial charge >= 0.3 is 6.18 Å². The summed E-state index contributed by atoms with van der Waals surface area (Å²) in [6.07, 6.45) is -3.91. The standard InChI is InChI=1S/C17H15F3N2O4S/c18-17(19,20)15-5-2-1-4-14(15)16-6-3-11-21(16)27(25,26)13-9-7-12(8-10-13)22(23)24/h1-2,4-5,7-10,16H,3,6,11H2. The molecule has 0 amide bonds. The van der Waals surface area contributed by atoms with Crippen molar-refractivity contribution in [2.75, 3.05) is 6.54 Å². The number of alkyl halides is 3. The Morgan fingerprint density at radius 2 is 1.70 bits per heavy atom. The van der Waals surface area contributed by atoms with Crippen LogP contribution in [0.25, 0.3) is 0 Å². The Bertz CT molecular complexity index is 959. The summed E-state index contributed by atoms with van der Waals surface area (Å²) in [5.41, 5.74) is -1.22. The molecule has 27 heavy (non-hydrogen) atoms. The van der Waals surface area contributed by atoms with E-state index in [9.17, 15) is 31.7 Å². The number of hydrogen-bond donors (Lipinski definition) is 0. The normalized spacial score (nSPS) is 18.6. The lowest BCUT2D eigenvalue weighted by molar-refractivity contribution is -0.384. The Morgan fingerprint density at radius 1 is 1.07 bits per heavy atom. The van der Waals surface area contributed by atoms with Crippen molar-refractivity contribution in [2.45, 2.75) is 30.0 Å². The number of non-ortho nitro benzene ring substituents is 1. The van der Waals surface area contributed by atoms with Gasteiger partial charge in [0.05, 0.1) is 21.4 Å². The van der Waals surface area contributed by atoms with Crippen LogP contribution < -0.4 is 0 Å². The summed E-state index contributed by atoms with van der Waals surface area (Å²) in [5.74, 6) is 0. The molecule has 144 valence electrons. The molecule has 0 bridgehead atoms. The zero-order valence-corrected chi connectivity index (χ0v) is 14.7. The zero-order valence-electron chi connectivity index (χ0n) is 13.9. The van der Waals surface area contributed by atoms with Gasteiger partial charge in [-0.05, 0) is 36.6 Å². The molecule has 3 rings (SSSR count). The van der Waals surface area contributed by atoms with E-state index in [-0.39, 0.29) is 29.1 Å². The number of hydrogen-bond acceptors (Lipinski definition) is 4. The van der Waals surface area contributed by atoms with Gasteiger partial charge < -0.3 is 0 Å². The molecular formula is C17H15F3N2O4S. The first-order valence-corrected chi connectivity index (χ1v) is 9.49. The van der Waals surface area contributed by atoms with Crippen molar-refractivity contribution in [1.82, 2.24) is 4.31 Å². The number of benzene rings is 2. The minimum atomic E-state index is -4.60. The summed E-state index contributed by atoms with van der Waals surface area (Å²) in [4.78, 5) is 9.88. The third kappa shape index (κ3) is 3.67. The molecular weight excluding hydrogens is 385 g/mol. The molecule has 1 aliphatic heterocycles. The van der Waals surface area contributed by atoms with Crippen molar-refractivity contribution in [1.29, 1.82) is 0 Å². The van der Waals surface area contributed by atoms with E-state index in [2.05, 4.69) is 0 Å². The van der Waals surface area contributed by atoms with Crippen LogP contribution in [0.1, 0.15) is 30.0 Å². The summed E-state index contributed by atoms with van der Waals surface area (Å²) in [6.45, 7) is 0.0795. The summed E-state index contributed by atoms with van der Waals surface area (Å²) in [6, 6.07) is 8.29. The predicted molar refractivity (Wildman–Crippen MR) is 90.4 cm³/mol. The van der Waals surface area contributed by atoms with Crippen LogP contribution in [0.3, 0.4) is 0 Å². The average molecular weight is 400 g/mol. The van der Waals surface area contributed by atoms with Crippen LogP contribution in [0, 0.1) is 10.1 Å². The van der Waals surface area contributed by atoms with E-state index >= 15 is 0 Å². The first kappa shape index (κ1) is 19.3. The number of nitro groups is 1. The lowest BCUT2D eigenvalue weighted by Crippen LogP contribution is -2.31. The van der Waals surface area contributed by atoms with E-state index in [1.165, 1.54) is 18.2 Å². The molecule has 1 unspecified atom stereocenters. The molecule has 1 heterocycles. The molecule has 1 atom stereocenters. The van der Waals surface area contributed by atoms with E-state index in [0.717, 1.165) is 34.6 Å². The highest BCUT2D eigenvalue weighted by Gasteiger charge is 2.41. The van der Waals surface area contributed by atoms with Crippen molar-refractivity contribution in [2.24, 2.45) is 0 Å². The topological polar surface area (TPSA) is 80.5 Å². The molecule has 0 radical (unpaired) electrons. The van der Waals surface area contributed by atoms with E-state index < -0.39 is 32.7 Å². The Kier molecular flexibility index (Phi) is 4.96. The molecule has 1 saturated heterocycles. The summed E-state index contributed by atoms with van der Waals surface area (Å²) < 4.78 is 66.9. The Morgan fingerprint density at radius 3 is 2.30 bits per heavy atom. The molecule has 0 spiro atoms. The Balaban J connectivity index is 2.01. The highest BCUT2D eigenvalue weighted by atomic mass is 32.2. The van der Waals surface area contributed by atoms with Gasteiger partial charge in [0.1, 0.15) is 0 Å². The van der Waals surface area contributed by atoms with Gasteiger partial charge in [-0.1, -0.05) is 18.2 Å². The maximum atomic E-state index is 13.3. The smallest absolute Gasteiger partial charge is 0.258 e. The number of nitrogens with zero attached hydrogens (tertiary/aromatic N) is 2. The van der Waals surface area contributed by atoms with Crippen LogP contribution in [0.4, 0.5) is 18.9 Å². The Labute approximate surface area is 153 Å². The molecule has 1 fully saturated rings. The molecule has 0 aliphatic carbocycles. The van der Waals surface area contributed by atoms with Crippen molar-refractivity contribution >= 4 is 15.7 Å². The number of halogens is 3. The van der Waals surface area contributed by atoms with Gasteiger partial charge in [-0.25, -0.2) is 8.42 Å². The summed E-state index contributed by atoms with van der Waals surface area (Å²) in [5, 5.41) is 10.7. The highest BCUT2D eigenvalue weighted by Crippen LogP contribution is 2.42. The number of rotatable bonds is 4. The van der Waals surface area contributed by atoms with E-state index in [1.54, 1.807) is 0 Å². The van der Waals surface area contributed by atoms with Crippen LogP contribution in [0.15, 0.2) is 53.4 Å². The van der Waals surface area contributed by atoms with Gasteiger partial charge in [-0.2, -0.15) is 17.5 Å². The lowest BCUT2D eigenvalue weighted by atomic mass is 9.99. The van der Waals surface area contributed by atoms with E-state index in [4.69, 9.17) is 0 Å². The first-order chi connectivity index (χ1) is 12.6. The minimum absolute atomic E-state index is 0.0795. The number of sulfonamides is 1. The van der Waals surface area contributed by atoms with Crippen molar-refractivity contribution in [3.8, 4) is 0 Å². The average Bonchev–Trinajstić information content (AvgIpc) is 3.11. The zero-order chi connectivity index (χ0) is 19.8. The van der Waals surface area contributed by atoms with Crippen LogP contribution in [-0.2, 0) is 16.2 Å². The van der Waals surface area contributed by atoms with Crippen molar-refractivity contribution in [3.63, 3.8) is 0 Å². The first-order valence-electron chi connectivity index (χ1n) is 8.05.